The van der Waals surface area contributed by atoms with Crippen LogP contribution in [-0.4, -0.2) is 35.5 Å². The lowest BCUT2D eigenvalue weighted by Crippen LogP contribution is -2.21. The predicted molar refractivity (Wildman–Crippen MR) is 84.1 cm³/mol. The maximum Gasteiger partial charge on any atom is 0.295 e. The zero-order valence-corrected chi connectivity index (χ0v) is 12.9. The van der Waals surface area contributed by atoms with E-state index in [1.54, 1.807) is 13.1 Å². The number of nitrogens with zero attached hydrogens (tertiary/aromatic N) is 4. The zero-order chi connectivity index (χ0) is 15.9. The van der Waals surface area contributed by atoms with Crippen molar-refractivity contribution >= 4 is 17.8 Å². The lowest BCUT2D eigenvalue weighted by Gasteiger charge is -2.20. The van der Waals surface area contributed by atoms with Crippen molar-refractivity contribution in [3.8, 4) is 0 Å². The van der Waals surface area contributed by atoms with Gasteiger partial charge >= 0.3 is 0 Å². The molecular formula is C15H19N5O2. The zero-order valence-electron chi connectivity index (χ0n) is 12.9. The Morgan fingerprint density at radius 3 is 2.50 bits per heavy atom. The van der Waals surface area contributed by atoms with E-state index in [1.165, 1.54) is 0 Å². The highest BCUT2D eigenvalue weighted by Crippen LogP contribution is 2.13. The van der Waals surface area contributed by atoms with Gasteiger partial charge < -0.3 is 4.90 Å². The van der Waals surface area contributed by atoms with E-state index < -0.39 is 5.91 Å². The Hall–Kier alpha value is -2.70. The van der Waals surface area contributed by atoms with Gasteiger partial charge in [-0.2, -0.15) is 5.10 Å². The van der Waals surface area contributed by atoms with Crippen LogP contribution in [0.1, 0.15) is 35.6 Å². The molecule has 2 rings (SSSR count). The molecule has 22 heavy (non-hydrogen) atoms. The molecular weight excluding hydrogens is 282 g/mol. The molecule has 0 atom stereocenters. The van der Waals surface area contributed by atoms with Crippen molar-refractivity contribution < 1.29 is 9.42 Å². The second-order valence-electron chi connectivity index (χ2n) is 4.66. The van der Waals surface area contributed by atoms with Crippen molar-refractivity contribution in [1.29, 1.82) is 0 Å². The lowest BCUT2D eigenvalue weighted by atomic mass is 10.2. The number of hydrogen-bond donors (Lipinski definition) is 1. The van der Waals surface area contributed by atoms with Crippen LogP contribution < -0.4 is 10.3 Å². The Labute approximate surface area is 129 Å². The van der Waals surface area contributed by atoms with Gasteiger partial charge in [0.2, 0.25) is 0 Å². The van der Waals surface area contributed by atoms with E-state index in [9.17, 15) is 4.79 Å². The summed E-state index contributed by atoms with van der Waals surface area (Å²) in [7, 11) is 0. The summed E-state index contributed by atoms with van der Waals surface area (Å²) >= 11 is 0. The minimum Gasteiger partial charge on any atom is -0.372 e. The molecule has 0 aliphatic carbocycles. The fraction of sp³-hybridized carbons (Fsp3) is 0.333. The average Bonchev–Trinajstić information content (AvgIpc) is 2.96. The number of hydrazone groups is 1. The number of carbonyl (C=O) groups is 1. The standard InChI is InChI=1S/C15H19N5O2/c1-4-20(5-2)13-8-6-12(7-9-13)10-16-17-15(21)14-11(3)18-22-19-14/h6-10H,4-5H2,1-3H3,(H,17,21)/b16-10+. The molecule has 1 aromatic carbocycles. The molecule has 1 aromatic heterocycles. The van der Waals surface area contributed by atoms with Crippen LogP contribution >= 0.6 is 0 Å². The highest BCUT2D eigenvalue weighted by molar-refractivity contribution is 5.93. The Kier molecular flexibility index (Phi) is 5.24. The Morgan fingerprint density at radius 1 is 1.27 bits per heavy atom. The smallest absolute Gasteiger partial charge is 0.295 e. The molecule has 1 N–H and O–H groups in total. The molecule has 1 heterocycles. The van der Waals surface area contributed by atoms with Crippen LogP contribution in [0.3, 0.4) is 0 Å². The number of amides is 1. The van der Waals surface area contributed by atoms with Crippen LogP contribution in [0.5, 0.6) is 0 Å². The van der Waals surface area contributed by atoms with Crippen molar-refractivity contribution in [1.82, 2.24) is 15.7 Å². The van der Waals surface area contributed by atoms with Crippen molar-refractivity contribution in [2.75, 3.05) is 18.0 Å². The second kappa shape index (κ2) is 7.35. The van der Waals surface area contributed by atoms with Gasteiger partial charge in [0, 0.05) is 18.8 Å². The Morgan fingerprint density at radius 2 is 1.95 bits per heavy atom. The predicted octanol–water partition coefficient (Wildman–Crippen LogP) is 1.99. The Balaban J connectivity index is 1.96. The van der Waals surface area contributed by atoms with Gasteiger partial charge in [-0.1, -0.05) is 17.3 Å². The third-order valence-electron chi connectivity index (χ3n) is 3.27. The Bertz CT molecular complexity index is 644. The largest absolute Gasteiger partial charge is 0.372 e. The molecule has 0 unspecified atom stereocenters. The molecule has 0 spiro atoms. The number of nitrogens with one attached hydrogen (secondary N) is 1. The van der Waals surface area contributed by atoms with Crippen LogP contribution in [0.15, 0.2) is 34.0 Å². The molecule has 7 heteroatoms. The normalized spacial score (nSPS) is 10.9. The summed E-state index contributed by atoms with van der Waals surface area (Å²) in [6.07, 6.45) is 1.58. The van der Waals surface area contributed by atoms with Gasteiger partial charge in [-0.3, -0.25) is 4.79 Å². The summed E-state index contributed by atoms with van der Waals surface area (Å²) in [5, 5.41) is 11.0. The number of benzene rings is 1. The third-order valence-corrected chi connectivity index (χ3v) is 3.27. The summed E-state index contributed by atoms with van der Waals surface area (Å²) in [6.45, 7) is 7.81. The number of hydrogen-bond acceptors (Lipinski definition) is 6. The van der Waals surface area contributed by atoms with Gasteiger partial charge in [0.1, 0.15) is 5.69 Å². The molecule has 0 bridgehead atoms. The molecule has 0 radical (unpaired) electrons. The molecule has 7 nitrogen and oxygen atoms in total. The summed E-state index contributed by atoms with van der Waals surface area (Å²) in [5.41, 5.74) is 5.01. The topological polar surface area (TPSA) is 83.6 Å². The van der Waals surface area contributed by atoms with Crippen LogP contribution in [-0.2, 0) is 0 Å². The molecule has 0 aliphatic rings. The first kappa shape index (κ1) is 15.7. The summed E-state index contributed by atoms with van der Waals surface area (Å²) < 4.78 is 4.47. The molecule has 0 fully saturated rings. The monoisotopic (exact) mass is 301 g/mol. The molecule has 2 aromatic rings. The summed E-state index contributed by atoms with van der Waals surface area (Å²) in [4.78, 5) is 14.0. The van der Waals surface area contributed by atoms with Gasteiger partial charge in [-0.15, -0.1) is 0 Å². The molecule has 0 saturated carbocycles. The minimum absolute atomic E-state index is 0.133. The number of aromatic nitrogens is 2. The quantitative estimate of drug-likeness (QED) is 0.651. The van der Waals surface area contributed by atoms with Gasteiger partial charge in [0.05, 0.1) is 6.21 Å². The maximum absolute atomic E-state index is 11.7. The number of anilines is 1. The van der Waals surface area contributed by atoms with Crippen LogP contribution in [0.25, 0.3) is 0 Å². The van der Waals surface area contributed by atoms with Crippen molar-refractivity contribution in [2.45, 2.75) is 20.8 Å². The van der Waals surface area contributed by atoms with E-state index in [1.807, 2.05) is 24.3 Å². The molecule has 1 amide bonds. The number of carbonyl (C=O) groups excluding carboxylic acids is 1. The average molecular weight is 301 g/mol. The van der Waals surface area contributed by atoms with Crippen LogP contribution in [0.2, 0.25) is 0 Å². The first-order valence-electron chi connectivity index (χ1n) is 7.13. The van der Waals surface area contributed by atoms with E-state index >= 15 is 0 Å². The molecule has 0 saturated heterocycles. The third kappa shape index (κ3) is 3.69. The molecule has 0 aliphatic heterocycles. The second-order valence-corrected chi connectivity index (χ2v) is 4.66. The van der Waals surface area contributed by atoms with E-state index in [2.05, 4.69) is 44.2 Å². The van der Waals surface area contributed by atoms with Gasteiger partial charge in [0.25, 0.3) is 5.91 Å². The first-order valence-corrected chi connectivity index (χ1v) is 7.13. The van der Waals surface area contributed by atoms with Crippen molar-refractivity contribution in [3.63, 3.8) is 0 Å². The fourth-order valence-corrected chi connectivity index (χ4v) is 2.02. The van der Waals surface area contributed by atoms with Crippen molar-refractivity contribution in [3.05, 3.63) is 41.2 Å². The summed E-state index contributed by atoms with van der Waals surface area (Å²) in [6, 6.07) is 7.96. The fourth-order valence-electron chi connectivity index (χ4n) is 2.02. The highest BCUT2D eigenvalue weighted by Gasteiger charge is 2.13. The first-order chi connectivity index (χ1) is 10.7. The van der Waals surface area contributed by atoms with E-state index in [-0.39, 0.29) is 5.69 Å². The van der Waals surface area contributed by atoms with E-state index in [0.29, 0.717) is 5.69 Å². The van der Waals surface area contributed by atoms with Gasteiger partial charge in [0.15, 0.2) is 5.69 Å². The number of aryl methyl sites for hydroxylation is 1. The number of rotatable bonds is 6. The minimum atomic E-state index is -0.449. The lowest BCUT2D eigenvalue weighted by molar-refractivity contribution is 0.0945. The van der Waals surface area contributed by atoms with Crippen LogP contribution in [0, 0.1) is 6.92 Å². The summed E-state index contributed by atoms with van der Waals surface area (Å²) in [5.74, 6) is -0.449. The SMILES string of the molecule is CCN(CC)c1ccc(/C=N/NC(=O)c2nonc2C)cc1. The van der Waals surface area contributed by atoms with Crippen LogP contribution in [0.4, 0.5) is 5.69 Å². The van der Waals surface area contributed by atoms with E-state index in [0.717, 1.165) is 24.3 Å². The highest BCUT2D eigenvalue weighted by atomic mass is 16.6. The van der Waals surface area contributed by atoms with E-state index in [4.69, 9.17) is 0 Å². The van der Waals surface area contributed by atoms with Gasteiger partial charge in [-0.05, 0) is 43.6 Å². The molecule has 116 valence electrons. The maximum atomic E-state index is 11.7. The van der Waals surface area contributed by atoms with Gasteiger partial charge in [-0.25, -0.2) is 10.1 Å². The van der Waals surface area contributed by atoms with Crippen molar-refractivity contribution in [2.24, 2.45) is 5.10 Å².